The van der Waals surface area contributed by atoms with Gasteiger partial charge in [0, 0.05) is 0 Å². The molecule has 0 saturated heterocycles. The van der Waals surface area contributed by atoms with Gasteiger partial charge in [0.25, 0.3) is 0 Å². The summed E-state index contributed by atoms with van der Waals surface area (Å²) in [6, 6.07) is 66.4. The quantitative estimate of drug-likeness (QED) is 0.124. The van der Waals surface area contributed by atoms with Gasteiger partial charge in [0.1, 0.15) is 0 Å². The third-order valence-electron chi connectivity index (χ3n) is 12.1. The molecule has 0 unspecified atom stereocenters. The molecule has 0 bridgehead atoms. The van der Waals surface area contributed by atoms with Crippen LogP contribution in [0.4, 0.5) is 13.2 Å². The van der Waals surface area contributed by atoms with Gasteiger partial charge in [-0.15, -0.1) is 0 Å². The maximum Gasteiger partial charge on any atom is 0.416 e. The van der Waals surface area contributed by atoms with Crippen molar-refractivity contribution in [2.24, 2.45) is 0 Å². The molecule has 0 atom stereocenters. The number of benzene rings is 11. The van der Waals surface area contributed by atoms with Gasteiger partial charge in [-0.05, 0) is 165 Å². The molecule has 11 rings (SSSR count). The second-order valence-corrected chi connectivity index (χ2v) is 15.6. The molecular formula is C56H35F3. The molecule has 0 nitrogen and oxygen atoms in total. The van der Waals surface area contributed by atoms with Crippen molar-refractivity contribution in [1.82, 2.24) is 0 Å². The predicted octanol–water partition coefficient (Wildman–Crippen LogP) is 16.6. The molecular weight excluding hydrogens is 730 g/mol. The van der Waals surface area contributed by atoms with E-state index in [1.807, 2.05) is 6.07 Å². The summed E-state index contributed by atoms with van der Waals surface area (Å²) in [5.74, 6) is 0. The average molecular weight is 765 g/mol. The molecule has 11 aromatic carbocycles. The van der Waals surface area contributed by atoms with E-state index in [0.29, 0.717) is 5.56 Å². The highest BCUT2D eigenvalue weighted by molar-refractivity contribution is 6.25. The third-order valence-corrected chi connectivity index (χ3v) is 12.1. The molecule has 0 aliphatic rings. The van der Waals surface area contributed by atoms with Gasteiger partial charge < -0.3 is 0 Å². The van der Waals surface area contributed by atoms with Crippen molar-refractivity contribution in [3.8, 4) is 44.5 Å². The van der Waals surface area contributed by atoms with Crippen molar-refractivity contribution in [3.05, 3.63) is 205 Å². The van der Waals surface area contributed by atoms with Crippen LogP contribution in [-0.4, -0.2) is 0 Å². The molecule has 59 heavy (non-hydrogen) atoms. The zero-order chi connectivity index (χ0) is 39.8. The first-order chi connectivity index (χ1) is 28.8. The monoisotopic (exact) mass is 764 g/mol. The van der Waals surface area contributed by atoms with Gasteiger partial charge in [-0.25, -0.2) is 0 Å². The van der Waals surface area contributed by atoms with E-state index in [4.69, 9.17) is 0 Å². The first-order valence-corrected chi connectivity index (χ1v) is 19.9. The van der Waals surface area contributed by atoms with Crippen molar-refractivity contribution >= 4 is 64.6 Å². The normalized spacial score (nSPS) is 12.1. The fourth-order valence-electron chi connectivity index (χ4n) is 9.24. The molecule has 3 heteroatoms. The summed E-state index contributed by atoms with van der Waals surface area (Å²) in [5, 5.41) is 13.5. The number of fused-ring (bicyclic) bond motifs is 8. The maximum absolute atomic E-state index is 14.0. The van der Waals surface area contributed by atoms with Gasteiger partial charge in [0.05, 0.1) is 5.56 Å². The Hall–Kier alpha value is -7.23. The number of aryl methyl sites for hydroxylation is 1. The number of rotatable bonds is 4. The van der Waals surface area contributed by atoms with E-state index in [2.05, 4.69) is 171 Å². The minimum Gasteiger partial charge on any atom is -0.166 e. The molecule has 0 aliphatic heterocycles. The minimum atomic E-state index is -4.44. The van der Waals surface area contributed by atoms with E-state index < -0.39 is 11.7 Å². The van der Waals surface area contributed by atoms with Crippen molar-refractivity contribution in [2.45, 2.75) is 13.1 Å². The van der Waals surface area contributed by atoms with Gasteiger partial charge in [-0.1, -0.05) is 151 Å². The molecule has 0 N–H and O–H groups in total. The van der Waals surface area contributed by atoms with Crippen LogP contribution >= 0.6 is 0 Å². The summed E-state index contributed by atoms with van der Waals surface area (Å²) < 4.78 is 41.9. The van der Waals surface area contributed by atoms with E-state index in [1.54, 1.807) is 6.07 Å². The molecule has 280 valence electrons. The lowest BCUT2D eigenvalue weighted by atomic mass is 9.82. The molecule has 0 fully saturated rings. The number of halogens is 3. The number of alkyl halides is 3. The van der Waals surface area contributed by atoms with E-state index >= 15 is 0 Å². The second kappa shape index (κ2) is 13.4. The van der Waals surface area contributed by atoms with E-state index in [-0.39, 0.29) is 0 Å². The molecule has 0 aliphatic carbocycles. The van der Waals surface area contributed by atoms with Crippen molar-refractivity contribution in [1.29, 1.82) is 0 Å². The highest BCUT2D eigenvalue weighted by atomic mass is 19.4. The topological polar surface area (TPSA) is 0 Å². The van der Waals surface area contributed by atoms with E-state index in [0.717, 1.165) is 88.1 Å². The van der Waals surface area contributed by atoms with Crippen molar-refractivity contribution < 1.29 is 13.2 Å². The Morgan fingerprint density at radius 1 is 0.305 bits per heavy atom. The average Bonchev–Trinajstić information content (AvgIpc) is 3.27. The molecule has 0 radical (unpaired) electrons. The summed E-state index contributed by atoms with van der Waals surface area (Å²) in [6.45, 7) is 2.11. The van der Waals surface area contributed by atoms with Crippen LogP contribution in [-0.2, 0) is 6.18 Å². The van der Waals surface area contributed by atoms with Crippen LogP contribution < -0.4 is 0 Å². The Balaban J connectivity index is 1.33. The Kier molecular flexibility index (Phi) is 7.96. The smallest absolute Gasteiger partial charge is 0.166 e. The van der Waals surface area contributed by atoms with Crippen LogP contribution in [0, 0.1) is 6.92 Å². The van der Waals surface area contributed by atoms with Crippen LogP contribution in [0.1, 0.15) is 11.1 Å². The summed E-state index contributed by atoms with van der Waals surface area (Å²) in [4.78, 5) is 0. The van der Waals surface area contributed by atoms with Gasteiger partial charge in [-0.2, -0.15) is 13.2 Å². The first kappa shape index (κ1) is 35.0. The zero-order valence-electron chi connectivity index (χ0n) is 32.1. The van der Waals surface area contributed by atoms with Crippen LogP contribution in [0.25, 0.3) is 109 Å². The standard InChI is InChI=1S/C56H35F3/c1-34-21-23-35(24-22-34)40-31-51(50-29-38-11-2-4-15-43(38)46-17-6-8-19-48(46)50)52-33-41-27-37(36-13-10-14-42(28-36)56(57,58)59)25-26-45(41)55(54(52)32-40)53-30-39-12-3-5-16-44(39)47-18-7-9-20-49(47)53/h2-33H,1H3. The van der Waals surface area contributed by atoms with Crippen LogP contribution in [0.2, 0.25) is 0 Å². The SMILES string of the molecule is Cc1ccc(-c2cc(-c3cc4ccccc4c4ccccc34)c3cc4cc(-c5cccc(C(F)(F)F)c5)ccc4c(-c4cc5ccccc5c5ccccc45)c3c2)cc1. The number of hydrogen-bond donors (Lipinski definition) is 0. The van der Waals surface area contributed by atoms with Gasteiger partial charge in [-0.3, -0.25) is 0 Å². The Morgan fingerprint density at radius 3 is 1.51 bits per heavy atom. The highest BCUT2D eigenvalue weighted by Gasteiger charge is 2.30. The fraction of sp³-hybridized carbons (Fsp3) is 0.0357. The van der Waals surface area contributed by atoms with Crippen molar-refractivity contribution in [3.63, 3.8) is 0 Å². The summed E-state index contributed by atoms with van der Waals surface area (Å²) >= 11 is 0. The molecule has 11 aromatic rings. The molecule has 0 saturated carbocycles. The lowest BCUT2D eigenvalue weighted by Crippen LogP contribution is -2.04. The van der Waals surface area contributed by atoms with Gasteiger partial charge >= 0.3 is 6.18 Å². The van der Waals surface area contributed by atoms with E-state index in [1.165, 1.54) is 39.2 Å². The summed E-state index contributed by atoms with van der Waals surface area (Å²) in [5.41, 5.74) is 8.44. The Morgan fingerprint density at radius 2 is 0.847 bits per heavy atom. The fourth-order valence-corrected chi connectivity index (χ4v) is 9.24. The maximum atomic E-state index is 14.0. The van der Waals surface area contributed by atoms with E-state index in [9.17, 15) is 13.2 Å². The van der Waals surface area contributed by atoms with Crippen LogP contribution in [0.5, 0.6) is 0 Å². The minimum absolute atomic E-state index is 0.523. The second-order valence-electron chi connectivity index (χ2n) is 15.6. The summed E-state index contributed by atoms with van der Waals surface area (Å²) in [7, 11) is 0. The lowest BCUT2D eigenvalue weighted by molar-refractivity contribution is -0.137. The Bertz CT molecular complexity index is 3480. The lowest BCUT2D eigenvalue weighted by Gasteiger charge is -2.21. The molecule has 0 heterocycles. The first-order valence-electron chi connectivity index (χ1n) is 19.9. The molecule has 0 aromatic heterocycles. The molecule has 0 amide bonds. The number of hydrogen-bond acceptors (Lipinski definition) is 0. The molecule has 0 spiro atoms. The summed E-state index contributed by atoms with van der Waals surface area (Å²) in [6.07, 6.45) is -4.44. The largest absolute Gasteiger partial charge is 0.416 e. The third kappa shape index (κ3) is 5.84. The Labute approximate surface area is 339 Å². The highest BCUT2D eigenvalue weighted by Crippen LogP contribution is 2.48. The van der Waals surface area contributed by atoms with Gasteiger partial charge in [0.2, 0.25) is 0 Å². The van der Waals surface area contributed by atoms with Gasteiger partial charge in [0.15, 0.2) is 0 Å². The van der Waals surface area contributed by atoms with Crippen LogP contribution in [0.15, 0.2) is 194 Å². The predicted molar refractivity (Wildman–Crippen MR) is 243 cm³/mol. The van der Waals surface area contributed by atoms with Crippen molar-refractivity contribution in [2.75, 3.05) is 0 Å². The zero-order valence-corrected chi connectivity index (χ0v) is 32.1. The van der Waals surface area contributed by atoms with Crippen LogP contribution in [0.3, 0.4) is 0 Å².